The summed E-state index contributed by atoms with van der Waals surface area (Å²) in [5.41, 5.74) is 5.66. The molecule has 0 atom stereocenters. The van der Waals surface area contributed by atoms with Crippen molar-refractivity contribution in [2.75, 3.05) is 0 Å². The molecule has 1 amide bonds. The molecule has 2 aromatic heterocycles. The fourth-order valence-corrected chi connectivity index (χ4v) is 3.51. The fraction of sp³-hybridized carbons (Fsp3) is 0.273. The molecule has 0 aliphatic rings. The number of nitrogens with zero attached hydrogens (tertiary/aromatic N) is 5. The Morgan fingerprint density at radius 2 is 1.79 bits per heavy atom. The summed E-state index contributed by atoms with van der Waals surface area (Å²) in [5, 5.41) is 13.2. The number of tetrazole rings is 1. The lowest BCUT2D eigenvalue weighted by Crippen LogP contribution is -2.29. The van der Waals surface area contributed by atoms with Gasteiger partial charge in [0.15, 0.2) is 5.65 Å². The van der Waals surface area contributed by atoms with Crippen LogP contribution in [0, 0.1) is 19.7 Å². The highest BCUT2D eigenvalue weighted by molar-refractivity contribution is 5.85. The maximum atomic E-state index is 13.2. The van der Waals surface area contributed by atoms with Crippen LogP contribution in [0.4, 0.5) is 4.39 Å². The summed E-state index contributed by atoms with van der Waals surface area (Å²) in [5.74, 6) is -0.279. The Labute approximate surface area is 167 Å². The Morgan fingerprint density at radius 1 is 1.07 bits per heavy atom. The van der Waals surface area contributed by atoms with E-state index in [-0.39, 0.29) is 11.7 Å². The molecule has 7 heteroatoms. The molecule has 0 aliphatic heterocycles. The Kier molecular flexibility index (Phi) is 4.96. The normalized spacial score (nSPS) is 11.3. The number of halogens is 1. The predicted molar refractivity (Wildman–Crippen MR) is 109 cm³/mol. The number of hydrogen-bond donors (Lipinski definition) is 0. The van der Waals surface area contributed by atoms with Crippen molar-refractivity contribution in [1.82, 2.24) is 24.9 Å². The van der Waals surface area contributed by atoms with E-state index in [0.29, 0.717) is 25.2 Å². The molecule has 0 unspecified atom stereocenters. The molecule has 6 nitrogen and oxygen atoms in total. The molecule has 2 aromatic carbocycles. The fourth-order valence-electron chi connectivity index (χ4n) is 3.51. The van der Waals surface area contributed by atoms with Crippen molar-refractivity contribution in [3.05, 3.63) is 70.5 Å². The van der Waals surface area contributed by atoms with Crippen molar-refractivity contribution in [2.24, 2.45) is 0 Å². The highest BCUT2D eigenvalue weighted by atomic mass is 19.1. The molecule has 29 heavy (non-hydrogen) atoms. The second-order valence-corrected chi connectivity index (χ2v) is 7.31. The standard InChI is InChI=1S/C22H22FN5O/c1-4-21(29)27(12-16-5-7-19(23)8-6-16)13-18-11-17-9-14(2)15(3)10-20(17)28-22(18)24-25-26-28/h5-11H,4,12-13H2,1-3H3. The van der Waals surface area contributed by atoms with E-state index in [0.717, 1.165) is 22.0 Å². The molecule has 0 fully saturated rings. The first-order valence-corrected chi connectivity index (χ1v) is 9.59. The van der Waals surface area contributed by atoms with Crippen molar-refractivity contribution in [3.8, 4) is 0 Å². The minimum Gasteiger partial charge on any atom is -0.334 e. The van der Waals surface area contributed by atoms with E-state index in [2.05, 4.69) is 41.5 Å². The quantitative estimate of drug-likeness (QED) is 0.516. The molecule has 4 aromatic rings. The molecule has 0 saturated carbocycles. The van der Waals surface area contributed by atoms with Crippen LogP contribution < -0.4 is 0 Å². The van der Waals surface area contributed by atoms with E-state index in [4.69, 9.17) is 0 Å². The summed E-state index contributed by atoms with van der Waals surface area (Å²) in [7, 11) is 0. The summed E-state index contributed by atoms with van der Waals surface area (Å²) < 4.78 is 15.0. The molecular formula is C22H22FN5O. The first kappa shape index (κ1) is 19.0. The SMILES string of the molecule is CCC(=O)N(Cc1ccc(F)cc1)Cc1cc2cc(C)c(C)cc2n2nnnc12. The third kappa shape index (κ3) is 3.68. The third-order valence-corrected chi connectivity index (χ3v) is 5.26. The Bertz CT molecular complexity index is 1200. The smallest absolute Gasteiger partial charge is 0.222 e. The molecule has 148 valence electrons. The van der Waals surface area contributed by atoms with Gasteiger partial charge in [0.2, 0.25) is 5.91 Å². The van der Waals surface area contributed by atoms with Crippen LogP contribution in [0.1, 0.15) is 35.6 Å². The number of amides is 1. The maximum Gasteiger partial charge on any atom is 0.222 e. The number of hydrogen-bond acceptors (Lipinski definition) is 4. The van der Waals surface area contributed by atoms with E-state index in [1.165, 1.54) is 23.3 Å². The molecule has 0 spiro atoms. The molecule has 0 radical (unpaired) electrons. The highest BCUT2D eigenvalue weighted by Crippen LogP contribution is 2.24. The van der Waals surface area contributed by atoms with E-state index in [1.807, 2.05) is 13.0 Å². The number of aryl methyl sites for hydroxylation is 2. The van der Waals surface area contributed by atoms with Crippen LogP contribution in [-0.4, -0.2) is 30.8 Å². The monoisotopic (exact) mass is 391 g/mol. The first-order valence-electron chi connectivity index (χ1n) is 9.59. The summed E-state index contributed by atoms with van der Waals surface area (Å²) in [6, 6.07) is 12.5. The van der Waals surface area contributed by atoms with Gasteiger partial charge in [-0.15, -0.1) is 5.10 Å². The van der Waals surface area contributed by atoms with Crippen LogP contribution >= 0.6 is 0 Å². The zero-order chi connectivity index (χ0) is 20.5. The molecular weight excluding hydrogens is 369 g/mol. The molecule has 2 heterocycles. The van der Waals surface area contributed by atoms with Crippen LogP contribution in [0.3, 0.4) is 0 Å². The van der Waals surface area contributed by atoms with Crippen LogP contribution in [0.25, 0.3) is 16.6 Å². The van der Waals surface area contributed by atoms with Crippen LogP contribution in [0.2, 0.25) is 0 Å². The molecule has 0 bridgehead atoms. The number of aromatic nitrogens is 4. The highest BCUT2D eigenvalue weighted by Gasteiger charge is 2.18. The Hall–Kier alpha value is -3.35. The average Bonchev–Trinajstić information content (AvgIpc) is 3.20. The number of rotatable bonds is 5. The minimum atomic E-state index is -0.293. The van der Waals surface area contributed by atoms with Gasteiger partial charge in [0, 0.05) is 30.5 Å². The van der Waals surface area contributed by atoms with Gasteiger partial charge in [0.25, 0.3) is 0 Å². The zero-order valence-electron chi connectivity index (χ0n) is 16.7. The van der Waals surface area contributed by atoms with Gasteiger partial charge in [-0.05, 0) is 71.3 Å². The Balaban J connectivity index is 1.76. The number of fused-ring (bicyclic) bond motifs is 3. The largest absolute Gasteiger partial charge is 0.334 e. The number of benzene rings is 2. The van der Waals surface area contributed by atoms with Gasteiger partial charge in [0.05, 0.1) is 5.52 Å². The average molecular weight is 391 g/mol. The molecule has 0 saturated heterocycles. The van der Waals surface area contributed by atoms with Crippen LogP contribution in [0.15, 0.2) is 42.5 Å². The number of carbonyl (C=O) groups excluding carboxylic acids is 1. The van der Waals surface area contributed by atoms with Crippen molar-refractivity contribution >= 4 is 22.5 Å². The maximum absolute atomic E-state index is 13.2. The molecule has 0 aliphatic carbocycles. The van der Waals surface area contributed by atoms with Gasteiger partial charge in [0.1, 0.15) is 5.82 Å². The van der Waals surface area contributed by atoms with Crippen molar-refractivity contribution in [1.29, 1.82) is 0 Å². The summed E-state index contributed by atoms with van der Waals surface area (Å²) in [6.07, 6.45) is 0.383. The number of carbonyl (C=O) groups is 1. The second-order valence-electron chi connectivity index (χ2n) is 7.31. The summed E-state index contributed by atoms with van der Waals surface area (Å²) in [6.45, 7) is 6.73. The topological polar surface area (TPSA) is 63.4 Å². The molecule has 0 N–H and O–H groups in total. The van der Waals surface area contributed by atoms with E-state index in [9.17, 15) is 9.18 Å². The zero-order valence-corrected chi connectivity index (χ0v) is 16.7. The van der Waals surface area contributed by atoms with Crippen LogP contribution in [0.5, 0.6) is 0 Å². The minimum absolute atomic E-state index is 0.0140. The number of pyridine rings is 1. The van der Waals surface area contributed by atoms with Gasteiger partial charge in [-0.2, -0.15) is 4.52 Å². The van der Waals surface area contributed by atoms with E-state index >= 15 is 0 Å². The van der Waals surface area contributed by atoms with Gasteiger partial charge < -0.3 is 4.90 Å². The van der Waals surface area contributed by atoms with Crippen molar-refractivity contribution in [2.45, 2.75) is 40.3 Å². The lowest BCUT2D eigenvalue weighted by atomic mass is 10.0. The summed E-state index contributed by atoms with van der Waals surface area (Å²) in [4.78, 5) is 14.4. The lowest BCUT2D eigenvalue weighted by Gasteiger charge is -2.23. The predicted octanol–water partition coefficient (Wildman–Crippen LogP) is 3.97. The van der Waals surface area contributed by atoms with Gasteiger partial charge in [-0.3, -0.25) is 4.79 Å². The third-order valence-electron chi connectivity index (χ3n) is 5.26. The molecule has 4 rings (SSSR count). The second kappa shape index (κ2) is 7.58. The Morgan fingerprint density at radius 3 is 2.52 bits per heavy atom. The van der Waals surface area contributed by atoms with Gasteiger partial charge in [-0.1, -0.05) is 19.1 Å². The van der Waals surface area contributed by atoms with Crippen molar-refractivity contribution < 1.29 is 9.18 Å². The van der Waals surface area contributed by atoms with E-state index in [1.54, 1.807) is 21.5 Å². The van der Waals surface area contributed by atoms with Crippen molar-refractivity contribution in [3.63, 3.8) is 0 Å². The van der Waals surface area contributed by atoms with E-state index < -0.39 is 0 Å². The van der Waals surface area contributed by atoms with Gasteiger partial charge in [-0.25, -0.2) is 4.39 Å². The summed E-state index contributed by atoms with van der Waals surface area (Å²) >= 11 is 0. The lowest BCUT2D eigenvalue weighted by molar-refractivity contribution is -0.132. The first-order chi connectivity index (χ1) is 14.0. The van der Waals surface area contributed by atoms with Gasteiger partial charge >= 0.3 is 0 Å². The van der Waals surface area contributed by atoms with Crippen LogP contribution in [-0.2, 0) is 17.9 Å².